The van der Waals surface area contributed by atoms with Crippen molar-refractivity contribution in [1.29, 1.82) is 0 Å². The third-order valence-electron chi connectivity index (χ3n) is 3.66. The van der Waals surface area contributed by atoms with E-state index in [2.05, 4.69) is 36.1 Å². The largest absolute Gasteiger partial charge is 0.379 e. The van der Waals surface area contributed by atoms with Crippen LogP contribution in [0.1, 0.15) is 12.5 Å². The van der Waals surface area contributed by atoms with Gasteiger partial charge in [0.15, 0.2) is 0 Å². The second kappa shape index (κ2) is 5.01. The summed E-state index contributed by atoms with van der Waals surface area (Å²) in [6, 6.07) is 9.39. The second-order valence-electron chi connectivity index (χ2n) is 4.97. The summed E-state index contributed by atoms with van der Waals surface area (Å²) in [5.74, 6) is 0. The molecule has 0 N–H and O–H groups in total. The molecular formula is C14H19NOS. The van der Waals surface area contributed by atoms with Crippen LogP contribution in [0.4, 0.5) is 0 Å². The Hall–Kier alpha value is -0.510. The monoisotopic (exact) mass is 249 g/mol. The lowest BCUT2D eigenvalue weighted by Gasteiger charge is -2.34. The summed E-state index contributed by atoms with van der Waals surface area (Å²) in [5, 5.41) is 0.730. The molecule has 2 aliphatic heterocycles. The van der Waals surface area contributed by atoms with Crippen molar-refractivity contribution in [2.45, 2.75) is 29.5 Å². The lowest BCUT2D eigenvalue weighted by atomic mass is 10.1. The van der Waals surface area contributed by atoms with Crippen LogP contribution in [0.2, 0.25) is 0 Å². The maximum absolute atomic E-state index is 5.49. The van der Waals surface area contributed by atoms with Crippen molar-refractivity contribution in [3.8, 4) is 0 Å². The lowest BCUT2D eigenvalue weighted by Crippen LogP contribution is -2.46. The summed E-state index contributed by atoms with van der Waals surface area (Å²) in [7, 11) is 0. The van der Waals surface area contributed by atoms with Crippen LogP contribution in [0.15, 0.2) is 29.2 Å². The fourth-order valence-corrected chi connectivity index (χ4v) is 4.00. The summed E-state index contributed by atoms with van der Waals surface area (Å²) in [6.07, 6.45) is 1.23. The van der Waals surface area contributed by atoms with Crippen LogP contribution in [-0.4, -0.2) is 42.5 Å². The van der Waals surface area contributed by atoms with E-state index >= 15 is 0 Å². The maximum atomic E-state index is 5.49. The first kappa shape index (κ1) is 11.6. The quantitative estimate of drug-likeness (QED) is 0.799. The van der Waals surface area contributed by atoms with Gasteiger partial charge in [-0.1, -0.05) is 18.2 Å². The first-order valence-electron chi connectivity index (χ1n) is 6.39. The molecule has 2 unspecified atom stereocenters. The van der Waals surface area contributed by atoms with Gasteiger partial charge in [0.2, 0.25) is 0 Å². The van der Waals surface area contributed by atoms with Crippen LogP contribution in [0.3, 0.4) is 0 Å². The second-order valence-corrected chi connectivity index (χ2v) is 6.31. The molecule has 17 heavy (non-hydrogen) atoms. The van der Waals surface area contributed by atoms with Gasteiger partial charge in [0.25, 0.3) is 0 Å². The number of morpholine rings is 1. The third kappa shape index (κ3) is 2.51. The molecule has 1 aromatic rings. The van der Waals surface area contributed by atoms with E-state index in [1.165, 1.54) is 23.4 Å². The molecule has 3 heteroatoms. The Balaban J connectivity index is 1.61. The Labute approximate surface area is 107 Å². The molecule has 3 rings (SSSR count). The highest BCUT2D eigenvalue weighted by atomic mass is 32.2. The molecule has 0 radical (unpaired) electrons. The van der Waals surface area contributed by atoms with Crippen molar-refractivity contribution >= 4 is 11.8 Å². The van der Waals surface area contributed by atoms with Gasteiger partial charge >= 0.3 is 0 Å². The zero-order valence-electron chi connectivity index (χ0n) is 10.3. The molecule has 2 heterocycles. The lowest BCUT2D eigenvalue weighted by molar-refractivity contribution is 0.000207. The van der Waals surface area contributed by atoms with Crippen LogP contribution in [0, 0.1) is 0 Å². The summed E-state index contributed by atoms with van der Waals surface area (Å²) in [5.41, 5.74) is 1.53. The Kier molecular flexibility index (Phi) is 3.41. The molecule has 0 aliphatic carbocycles. The molecule has 0 saturated carbocycles. The molecule has 0 bridgehead atoms. The molecule has 0 aromatic heterocycles. The number of hydrogen-bond donors (Lipinski definition) is 0. The van der Waals surface area contributed by atoms with Crippen molar-refractivity contribution in [1.82, 2.24) is 4.90 Å². The summed E-state index contributed by atoms with van der Waals surface area (Å²) < 4.78 is 5.49. The number of fused-ring (bicyclic) bond motifs is 1. The molecule has 0 spiro atoms. The minimum atomic E-state index is 0.577. The summed E-state index contributed by atoms with van der Waals surface area (Å²) >= 11 is 2.05. The molecule has 2 nitrogen and oxygen atoms in total. The number of ether oxygens (including phenoxy) is 1. The van der Waals surface area contributed by atoms with Gasteiger partial charge in [-0.15, -0.1) is 11.8 Å². The van der Waals surface area contributed by atoms with Crippen molar-refractivity contribution in [3.05, 3.63) is 29.8 Å². The van der Waals surface area contributed by atoms with Crippen LogP contribution < -0.4 is 0 Å². The topological polar surface area (TPSA) is 12.5 Å². The number of rotatable bonds is 2. The Bertz CT molecular complexity index is 371. The molecule has 1 saturated heterocycles. The highest BCUT2D eigenvalue weighted by molar-refractivity contribution is 8.00. The first-order chi connectivity index (χ1) is 8.33. The standard InChI is InChI=1S/C14H19NOS/c1-11-10-16-7-6-15(11)9-13-8-12-4-2-3-5-14(12)17-13/h2-5,11,13H,6-10H2,1H3. The summed E-state index contributed by atoms with van der Waals surface area (Å²) in [4.78, 5) is 4.06. The number of thioether (sulfide) groups is 1. The predicted octanol–water partition coefficient (Wildman–Crippen LogP) is 2.42. The van der Waals surface area contributed by atoms with Crippen molar-refractivity contribution in [2.75, 3.05) is 26.3 Å². The van der Waals surface area contributed by atoms with Gasteiger partial charge in [-0.2, -0.15) is 0 Å². The van der Waals surface area contributed by atoms with Crippen molar-refractivity contribution in [3.63, 3.8) is 0 Å². The highest BCUT2D eigenvalue weighted by Gasteiger charge is 2.27. The molecule has 2 atom stereocenters. The first-order valence-corrected chi connectivity index (χ1v) is 7.27. The molecule has 1 aromatic carbocycles. The smallest absolute Gasteiger partial charge is 0.0619 e. The number of benzene rings is 1. The molecule has 0 amide bonds. The average molecular weight is 249 g/mol. The molecular weight excluding hydrogens is 230 g/mol. The van der Waals surface area contributed by atoms with Crippen LogP contribution in [0.25, 0.3) is 0 Å². The van der Waals surface area contributed by atoms with E-state index in [1.54, 1.807) is 0 Å². The predicted molar refractivity (Wildman–Crippen MR) is 71.6 cm³/mol. The van der Waals surface area contributed by atoms with E-state index < -0.39 is 0 Å². The van der Waals surface area contributed by atoms with Crippen molar-refractivity contribution in [2.24, 2.45) is 0 Å². The van der Waals surface area contributed by atoms with Gasteiger partial charge in [-0.3, -0.25) is 4.90 Å². The van der Waals surface area contributed by atoms with E-state index in [4.69, 9.17) is 4.74 Å². The van der Waals surface area contributed by atoms with Gasteiger partial charge in [0.05, 0.1) is 13.2 Å². The van der Waals surface area contributed by atoms with Crippen LogP contribution >= 0.6 is 11.8 Å². The SMILES string of the molecule is CC1COCCN1CC1Cc2ccccc2S1. The van der Waals surface area contributed by atoms with E-state index in [9.17, 15) is 0 Å². The Morgan fingerprint density at radius 3 is 3.12 bits per heavy atom. The number of hydrogen-bond acceptors (Lipinski definition) is 3. The third-order valence-corrected chi connectivity index (χ3v) is 4.96. The molecule has 92 valence electrons. The average Bonchev–Trinajstić information content (AvgIpc) is 2.74. The van der Waals surface area contributed by atoms with E-state index in [-0.39, 0.29) is 0 Å². The summed E-state index contributed by atoms with van der Waals surface area (Å²) in [6.45, 7) is 6.35. The maximum Gasteiger partial charge on any atom is 0.0619 e. The van der Waals surface area contributed by atoms with Crippen LogP contribution in [0.5, 0.6) is 0 Å². The van der Waals surface area contributed by atoms with Crippen LogP contribution in [-0.2, 0) is 11.2 Å². The van der Waals surface area contributed by atoms with Gasteiger partial charge in [0, 0.05) is 29.3 Å². The Morgan fingerprint density at radius 2 is 2.29 bits per heavy atom. The van der Waals surface area contributed by atoms with Crippen molar-refractivity contribution < 1.29 is 4.74 Å². The van der Waals surface area contributed by atoms with Gasteiger partial charge in [0.1, 0.15) is 0 Å². The fraction of sp³-hybridized carbons (Fsp3) is 0.571. The van der Waals surface area contributed by atoms with Gasteiger partial charge in [-0.25, -0.2) is 0 Å². The Morgan fingerprint density at radius 1 is 1.41 bits per heavy atom. The van der Waals surface area contributed by atoms with E-state index in [0.29, 0.717) is 6.04 Å². The van der Waals surface area contributed by atoms with E-state index in [0.717, 1.165) is 25.0 Å². The molecule has 1 fully saturated rings. The normalized spacial score (nSPS) is 29.2. The zero-order chi connectivity index (χ0) is 11.7. The fourth-order valence-electron chi connectivity index (χ4n) is 2.65. The van der Waals surface area contributed by atoms with Gasteiger partial charge < -0.3 is 4.74 Å². The minimum Gasteiger partial charge on any atom is -0.379 e. The minimum absolute atomic E-state index is 0.577. The van der Waals surface area contributed by atoms with Gasteiger partial charge in [-0.05, 0) is 25.0 Å². The highest BCUT2D eigenvalue weighted by Crippen LogP contribution is 2.37. The number of nitrogens with zero attached hydrogens (tertiary/aromatic N) is 1. The molecule has 2 aliphatic rings. The van der Waals surface area contributed by atoms with E-state index in [1.807, 2.05) is 11.8 Å². The zero-order valence-corrected chi connectivity index (χ0v) is 11.1.